The summed E-state index contributed by atoms with van der Waals surface area (Å²) in [4.78, 5) is 14.2. The van der Waals surface area contributed by atoms with E-state index < -0.39 is 0 Å². The number of nitrogens with one attached hydrogen (secondary N) is 1. The van der Waals surface area contributed by atoms with E-state index in [9.17, 15) is 4.79 Å². The van der Waals surface area contributed by atoms with E-state index in [-0.39, 0.29) is 5.91 Å². The maximum absolute atomic E-state index is 11.8. The first-order valence-electron chi connectivity index (χ1n) is 7.97. The first-order chi connectivity index (χ1) is 10.8. The van der Waals surface area contributed by atoms with Crippen LogP contribution in [0.4, 0.5) is 0 Å². The maximum Gasteiger partial charge on any atom is 0.220 e. The summed E-state index contributed by atoms with van der Waals surface area (Å²) in [6.07, 6.45) is 2.29. The van der Waals surface area contributed by atoms with E-state index in [1.54, 1.807) is 7.11 Å². The monoisotopic (exact) mass is 306 g/mol. The van der Waals surface area contributed by atoms with E-state index in [0.29, 0.717) is 6.42 Å². The predicted octanol–water partition coefficient (Wildman–Crippen LogP) is 1.47. The molecule has 0 aliphatic carbocycles. The quantitative estimate of drug-likeness (QED) is 0.739. The van der Waals surface area contributed by atoms with Crippen LogP contribution in [0, 0.1) is 0 Å². The average Bonchev–Trinajstić information content (AvgIpc) is 2.58. The smallest absolute Gasteiger partial charge is 0.220 e. The Bertz CT molecular complexity index is 442. The zero-order chi connectivity index (χ0) is 15.6. The Morgan fingerprint density at radius 1 is 1.27 bits per heavy atom. The molecule has 1 aromatic carbocycles. The van der Waals surface area contributed by atoms with Gasteiger partial charge in [0.05, 0.1) is 20.3 Å². The SMILES string of the molecule is COc1ccc(CCC(=O)NCCCN2CCOCC2)cc1. The summed E-state index contributed by atoms with van der Waals surface area (Å²) in [6.45, 7) is 5.44. The number of rotatable bonds is 8. The molecule has 1 aliphatic heterocycles. The number of aryl methyl sites for hydroxylation is 1. The van der Waals surface area contributed by atoms with Gasteiger partial charge in [0.15, 0.2) is 0 Å². The van der Waals surface area contributed by atoms with E-state index in [1.807, 2.05) is 24.3 Å². The number of morpholine rings is 1. The van der Waals surface area contributed by atoms with E-state index in [4.69, 9.17) is 9.47 Å². The Hall–Kier alpha value is -1.59. The third-order valence-corrected chi connectivity index (χ3v) is 3.88. The van der Waals surface area contributed by atoms with E-state index >= 15 is 0 Å². The van der Waals surface area contributed by atoms with Crippen LogP contribution in [0.15, 0.2) is 24.3 Å². The van der Waals surface area contributed by atoms with E-state index in [1.165, 1.54) is 0 Å². The van der Waals surface area contributed by atoms with Crippen molar-refractivity contribution < 1.29 is 14.3 Å². The molecule has 1 amide bonds. The topological polar surface area (TPSA) is 50.8 Å². The Kier molecular flexibility index (Phi) is 7.19. The fourth-order valence-electron chi connectivity index (χ4n) is 2.49. The van der Waals surface area contributed by atoms with Gasteiger partial charge in [-0.3, -0.25) is 9.69 Å². The Balaban J connectivity index is 1.55. The molecule has 22 heavy (non-hydrogen) atoms. The van der Waals surface area contributed by atoms with Crippen LogP contribution < -0.4 is 10.1 Å². The summed E-state index contributed by atoms with van der Waals surface area (Å²) in [5, 5.41) is 2.99. The number of amides is 1. The predicted molar refractivity (Wildman–Crippen MR) is 86.2 cm³/mol. The summed E-state index contributed by atoms with van der Waals surface area (Å²) in [5.41, 5.74) is 1.16. The number of hydrogen-bond acceptors (Lipinski definition) is 4. The lowest BCUT2D eigenvalue weighted by atomic mass is 10.1. The molecule has 0 bridgehead atoms. The van der Waals surface area contributed by atoms with Gasteiger partial charge < -0.3 is 14.8 Å². The largest absolute Gasteiger partial charge is 0.497 e. The summed E-state index contributed by atoms with van der Waals surface area (Å²) < 4.78 is 10.4. The van der Waals surface area contributed by atoms with Gasteiger partial charge in [-0.15, -0.1) is 0 Å². The summed E-state index contributed by atoms with van der Waals surface area (Å²) in [7, 11) is 1.65. The zero-order valence-electron chi connectivity index (χ0n) is 13.3. The highest BCUT2D eigenvalue weighted by atomic mass is 16.5. The van der Waals surface area contributed by atoms with Gasteiger partial charge >= 0.3 is 0 Å². The molecule has 1 heterocycles. The lowest BCUT2D eigenvalue weighted by Crippen LogP contribution is -2.38. The van der Waals surface area contributed by atoms with Gasteiger partial charge in [-0.1, -0.05) is 12.1 Å². The lowest BCUT2D eigenvalue weighted by molar-refractivity contribution is -0.121. The maximum atomic E-state index is 11.8. The van der Waals surface area contributed by atoms with Gasteiger partial charge in [0.25, 0.3) is 0 Å². The number of nitrogens with zero attached hydrogens (tertiary/aromatic N) is 1. The number of ether oxygens (including phenoxy) is 2. The van der Waals surface area contributed by atoms with Crippen LogP contribution in [0.1, 0.15) is 18.4 Å². The van der Waals surface area contributed by atoms with Crippen LogP contribution >= 0.6 is 0 Å². The first-order valence-corrected chi connectivity index (χ1v) is 7.97. The molecule has 1 saturated heterocycles. The van der Waals surface area contributed by atoms with Crippen molar-refractivity contribution in [2.24, 2.45) is 0 Å². The zero-order valence-corrected chi connectivity index (χ0v) is 13.3. The Morgan fingerprint density at radius 2 is 2.00 bits per heavy atom. The van der Waals surface area contributed by atoms with Crippen LogP contribution in [-0.2, 0) is 16.0 Å². The van der Waals surface area contributed by atoms with Crippen molar-refractivity contribution in [2.45, 2.75) is 19.3 Å². The van der Waals surface area contributed by atoms with Gasteiger partial charge in [0.2, 0.25) is 5.91 Å². The second-order valence-electron chi connectivity index (χ2n) is 5.51. The van der Waals surface area contributed by atoms with Gasteiger partial charge in [0.1, 0.15) is 5.75 Å². The van der Waals surface area contributed by atoms with Crippen LogP contribution in [0.25, 0.3) is 0 Å². The second-order valence-corrected chi connectivity index (χ2v) is 5.51. The van der Waals surface area contributed by atoms with E-state index in [2.05, 4.69) is 10.2 Å². The van der Waals surface area contributed by atoms with Crippen LogP contribution in [0.2, 0.25) is 0 Å². The van der Waals surface area contributed by atoms with Gasteiger partial charge in [0, 0.05) is 26.1 Å². The van der Waals surface area contributed by atoms with Crippen molar-refractivity contribution in [1.29, 1.82) is 0 Å². The molecule has 0 atom stereocenters. The van der Waals surface area contributed by atoms with Gasteiger partial charge in [-0.2, -0.15) is 0 Å². The van der Waals surface area contributed by atoms with Crippen molar-refractivity contribution in [3.05, 3.63) is 29.8 Å². The third-order valence-electron chi connectivity index (χ3n) is 3.88. The molecule has 1 aliphatic rings. The molecule has 0 aromatic heterocycles. The molecule has 0 radical (unpaired) electrons. The Morgan fingerprint density at radius 3 is 2.68 bits per heavy atom. The standard InChI is InChI=1S/C17H26N2O3/c1-21-16-6-3-15(4-7-16)5-8-17(20)18-9-2-10-19-11-13-22-14-12-19/h3-4,6-7H,2,5,8-14H2,1H3,(H,18,20). The molecule has 0 spiro atoms. The molecule has 122 valence electrons. The normalized spacial score (nSPS) is 15.5. The van der Waals surface area contributed by atoms with Crippen molar-refractivity contribution in [3.63, 3.8) is 0 Å². The minimum Gasteiger partial charge on any atom is -0.497 e. The molecule has 1 N–H and O–H groups in total. The fraction of sp³-hybridized carbons (Fsp3) is 0.588. The minimum absolute atomic E-state index is 0.123. The van der Waals surface area contributed by atoms with E-state index in [0.717, 1.165) is 63.5 Å². The van der Waals surface area contributed by atoms with Crippen LogP contribution in [0.3, 0.4) is 0 Å². The number of methoxy groups -OCH3 is 1. The number of hydrogen-bond donors (Lipinski definition) is 1. The first kappa shape index (κ1) is 16.8. The highest BCUT2D eigenvalue weighted by Crippen LogP contribution is 2.12. The lowest BCUT2D eigenvalue weighted by Gasteiger charge is -2.26. The summed E-state index contributed by atoms with van der Waals surface area (Å²) in [6, 6.07) is 7.86. The number of carbonyl (C=O) groups is 1. The van der Waals surface area contributed by atoms with Crippen LogP contribution in [-0.4, -0.2) is 57.3 Å². The number of benzene rings is 1. The highest BCUT2D eigenvalue weighted by Gasteiger charge is 2.09. The van der Waals surface area contributed by atoms with Crippen molar-refractivity contribution in [3.8, 4) is 5.75 Å². The average molecular weight is 306 g/mol. The molecular formula is C17H26N2O3. The number of carbonyl (C=O) groups excluding carboxylic acids is 1. The van der Waals surface area contributed by atoms with Crippen molar-refractivity contribution in [2.75, 3.05) is 46.5 Å². The van der Waals surface area contributed by atoms with Crippen molar-refractivity contribution >= 4 is 5.91 Å². The van der Waals surface area contributed by atoms with Crippen molar-refractivity contribution in [1.82, 2.24) is 10.2 Å². The highest BCUT2D eigenvalue weighted by molar-refractivity contribution is 5.76. The molecule has 1 aromatic rings. The molecule has 2 rings (SSSR count). The van der Waals surface area contributed by atoms with Crippen LogP contribution in [0.5, 0.6) is 5.75 Å². The van der Waals surface area contributed by atoms with Gasteiger partial charge in [-0.05, 0) is 37.1 Å². The second kappa shape index (κ2) is 9.43. The molecule has 1 fully saturated rings. The molecular weight excluding hydrogens is 280 g/mol. The molecule has 0 saturated carbocycles. The minimum atomic E-state index is 0.123. The summed E-state index contributed by atoms with van der Waals surface area (Å²) in [5.74, 6) is 0.967. The molecule has 5 nitrogen and oxygen atoms in total. The fourth-order valence-corrected chi connectivity index (χ4v) is 2.49. The third kappa shape index (κ3) is 6.03. The Labute approximate surface area is 132 Å². The summed E-state index contributed by atoms with van der Waals surface area (Å²) >= 11 is 0. The van der Waals surface area contributed by atoms with Gasteiger partial charge in [-0.25, -0.2) is 0 Å². The molecule has 0 unspecified atom stereocenters. The molecule has 5 heteroatoms.